The summed E-state index contributed by atoms with van der Waals surface area (Å²) in [7, 11) is 4.54. The lowest BCUT2D eigenvalue weighted by molar-refractivity contribution is -0.274. The molecular formula is C18H20F3N3O4. The molecular weight excluding hydrogens is 379 g/mol. The van der Waals surface area contributed by atoms with E-state index in [1.54, 1.807) is 12.1 Å². The summed E-state index contributed by atoms with van der Waals surface area (Å²) in [5.74, 6) is 1.31. The standard InChI is InChI=1S/C18H20F3N3O4/c1-25-14-9-16(27-3)15(26-2)8-11(14)10-23-17(22)24-12-4-6-13(7-5-12)28-18(19,20)21/h4-9H,10H2,1-3H3,(H3,22,23,24). The van der Waals surface area contributed by atoms with Gasteiger partial charge in [-0.2, -0.15) is 0 Å². The second-order valence-electron chi connectivity index (χ2n) is 5.42. The summed E-state index contributed by atoms with van der Waals surface area (Å²) in [6, 6.07) is 8.51. The number of aliphatic imine (C=N–C) groups is 1. The Morgan fingerprint density at radius 2 is 1.54 bits per heavy atom. The lowest BCUT2D eigenvalue weighted by Crippen LogP contribution is -2.22. The van der Waals surface area contributed by atoms with Crippen molar-refractivity contribution in [1.82, 2.24) is 0 Å². The van der Waals surface area contributed by atoms with Crippen LogP contribution in [0.5, 0.6) is 23.0 Å². The molecule has 0 fully saturated rings. The van der Waals surface area contributed by atoms with Crippen LogP contribution < -0.4 is 30.0 Å². The van der Waals surface area contributed by atoms with Gasteiger partial charge in [0.2, 0.25) is 0 Å². The molecule has 0 bridgehead atoms. The first-order valence-electron chi connectivity index (χ1n) is 7.97. The summed E-state index contributed by atoms with van der Waals surface area (Å²) in [6.07, 6.45) is -4.74. The normalized spacial score (nSPS) is 11.7. The van der Waals surface area contributed by atoms with Crippen molar-refractivity contribution in [3.63, 3.8) is 0 Å². The number of anilines is 1. The molecule has 152 valence electrons. The highest BCUT2D eigenvalue weighted by molar-refractivity contribution is 5.92. The fourth-order valence-corrected chi connectivity index (χ4v) is 2.31. The van der Waals surface area contributed by atoms with Crippen molar-refractivity contribution < 1.29 is 32.1 Å². The molecule has 0 aliphatic heterocycles. The van der Waals surface area contributed by atoms with E-state index in [2.05, 4.69) is 15.0 Å². The predicted molar refractivity (Wildman–Crippen MR) is 98.2 cm³/mol. The number of benzene rings is 2. The molecule has 0 heterocycles. The average Bonchev–Trinajstić information content (AvgIpc) is 2.66. The monoisotopic (exact) mass is 399 g/mol. The first-order valence-corrected chi connectivity index (χ1v) is 7.97. The van der Waals surface area contributed by atoms with Crippen molar-refractivity contribution >= 4 is 11.6 Å². The summed E-state index contributed by atoms with van der Waals surface area (Å²) in [5, 5.41) is 2.79. The molecule has 7 nitrogen and oxygen atoms in total. The number of hydrogen-bond acceptors (Lipinski definition) is 5. The van der Waals surface area contributed by atoms with Gasteiger partial charge in [0.05, 0.1) is 27.9 Å². The number of nitrogens with one attached hydrogen (secondary N) is 1. The van der Waals surface area contributed by atoms with Crippen molar-refractivity contribution in [1.29, 1.82) is 0 Å². The topological polar surface area (TPSA) is 87.3 Å². The molecule has 0 aromatic heterocycles. The molecule has 0 saturated heterocycles. The molecule has 2 rings (SSSR count). The van der Waals surface area contributed by atoms with E-state index >= 15 is 0 Å². The molecule has 10 heteroatoms. The highest BCUT2D eigenvalue weighted by atomic mass is 19.4. The highest BCUT2D eigenvalue weighted by Gasteiger charge is 2.30. The largest absolute Gasteiger partial charge is 0.573 e. The van der Waals surface area contributed by atoms with E-state index in [0.29, 0.717) is 28.5 Å². The minimum absolute atomic E-state index is 0.0707. The summed E-state index contributed by atoms with van der Waals surface area (Å²) < 4.78 is 56.1. The number of halogens is 3. The maximum atomic E-state index is 12.2. The molecule has 0 atom stereocenters. The first-order chi connectivity index (χ1) is 13.3. The third-order valence-electron chi connectivity index (χ3n) is 3.57. The summed E-state index contributed by atoms with van der Waals surface area (Å²) in [4.78, 5) is 4.21. The van der Waals surface area contributed by atoms with Gasteiger partial charge in [-0.15, -0.1) is 13.2 Å². The summed E-state index contributed by atoms with van der Waals surface area (Å²) >= 11 is 0. The van der Waals surface area contributed by atoms with Gasteiger partial charge >= 0.3 is 6.36 Å². The van der Waals surface area contributed by atoms with Crippen LogP contribution in [-0.2, 0) is 6.54 Å². The molecule has 2 aromatic carbocycles. The summed E-state index contributed by atoms with van der Waals surface area (Å²) in [6.45, 7) is 0.178. The van der Waals surface area contributed by atoms with Gasteiger partial charge in [0.15, 0.2) is 17.5 Å². The maximum absolute atomic E-state index is 12.2. The molecule has 0 aliphatic carbocycles. The Kier molecular flexibility index (Phi) is 6.80. The minimum Gasteiger partial charge on any atom is -0.496 e. The predicted octanol–water partition coefficient (Wildman–Crippen LogP) is 3.54. The Morgan fingerprint density at radius 3 is 2.07 bits per heavy atom. The zero-order chi connectivity index (χ0) is 20.7. The van der Waals surface area contributed by atoms with E-state index in [1.807, 2.05) is 0 Å². The van der Waals surface area contributed by atoms with Crippen LogP contribution in [0.25, 0.3) is 0 Å². The molecule has 3 N–H and O–H groups in total. The van der Waals surface area contributed by atoms with Crippen LogP contribution >= 0.6 is 0 Å². The fourth-order valence-electron chi connectivity index (χ4n) is 2.31. The van der Waals surface area contributed by atoms with E-state index in [1.165, 1.54) is 45.6 Å². The number of nitrogens with two attached hydrogens (primary N) is 1. The van der Waals surface area contributed by atoms with Crippen molar-refractivity contribution in [2.45, 2.75) is 12.9 Å². The van der Waals surface area contributed by atoms with Gasteiger partial charge in [-0.05, 0) is 30.3 Å². The van der Waals surface area contributed by atoms with Crippen LogP contribution in [0.4, 0.5) is 18.9 Å². The van der Waals surface area contributed by atoms with Gasteiger partial charge in [-0.1, -0.05) is 0 Å². The van der Waals surface area contributed by atoms with Crippen molar-refractivity contribution in [3.05, 3.63) is 42.0 Å². The SMILES string of the molecule is COc1cc(OC)c(OC)cc1CN=C(N)Nc1ccc(OC(F)(F)F)cc1. The Hall–Kier alpha value is -3.30. The number of rotatable bonds is 7. The Balaban J connectivity index is 2.08. The van der Waals surface area contributed by atoms with Gasteiger partial charge in [0.25, 0.3) is 0 Å². The fraction of sp³-hybridized carbons (Fsp3) is 0.278. The molecule has 0 aliphatic rings. The van der Waals surface area contributed by atoms with E-state index in [0.717, 1.165) is 0 Å². The van der Waals surface area contributed by atoms with Crippen LogP contribution in [0.1, 0.15) is 5.56 Å². The van der Waals surface area contributed by atoms with Crippen LogP contribution in [0.2, 0.25) is 0 Å². The number of hydrogen-bond donors (Lipinski definition) is 2. The van der Waals surface area contributed by atoms with Crippen LogP contribution in [0, 0.1) is 0 Å². The van der Waals surface area contributed by atoms with Crippen molar-refractivity contribution in [3.8, 4) is 23.0 Å². The van der Waals surface area contributed by atoms with E-state index < -0.39 is 6.36 Å². The number of nitrogens with zero attached hydrogens (tertiary/aromatic N) is 1. The second kappa shape index (κ2) is 9.07. The molecule has 0 amide bonds. The molecule has 0 radical (unpaired) electrons. The molecule has 0 spiro atoms. The average molecular weight is 399 g/mol. The lowest BCUT2D eigenvalue weighted by atomic mass is 10.1. The number of ether oxygens (including phenoxy) is 4. The number of methoxy groups -OCH3 is 3. The van der Waals surface area contributed by atoms with E-state index in [9.17, 15) is 13.2 Å². The van der Waals surface area contributed by atoms with Gasteiger partial charge in [0.1, 0.15) is 11.5 Å². The van der Waals surface area contributed by atoms with Gasteiger partial charge in [-0.25, -0.2) is 4.99 Å². The Bertz CT molecular complexity index is 824. The Labute approximate surface area is 159 Å². The molecule has 28 heavy (non-hydrogen) atoms. The van der Waals surface area contributed by atoms with Crippen LogP contribution in [0.15, 0.2) is 41.4 Å². The number of alkyl halides is 3. The Morgan fingerprint density at radius 1 is 0.964 bits per heavy atom. The summed E-state index contributed by atoms with van der Waals surface area (Å²) in [5.41, 5.74) is 7.00. The third kappa shape index (κ3) is 5.86. The third-order valence-corrected chi connectivity index (χ3v) is 3.57. The number of guanidine groups is 1. The lowest BCUT2D eigenvalue weighted by Gasteiger charge is -2.13. The van der Waals surface area contributed by atoms with E-state index in [4.69, 9.17) is 19.9 Å². The van der Waals surface area contributed by atoms with Crippen molar-refractivity contribution in [2.75, 3.05) is 26.6 Å². The van der Waals surface area contributed by atoms with Gasteiger partial charge in [0, 0.05) is 17.3 Å². The smallest absolute Gasteiger partial charge is 0.496 e. The quantitative estimate of drug-likeness (QED) is 0.547. The maximum Gasteiger partial charge on any atom is 0.573 e. The zero-order valence-corrected chi connectivity index (χ0v) is 15.5. The van der Waals surface area contributed by atoms with Gasteiger partial charge < -0.3 is 30.0 Å². The van der Waals surface area contributed by atoms with Crippen LogP contribution in [-0.4, -0.2) is 33.7 Å². The molecule has 2 aromatic rings. The highest BCUT2D eigenvalue weighted by Crippen LogP contribution is 2.35. The first kappa shape index (κ1) is 21.0. The second-order valence-corrected chi connectivity index (χ2v) is 5.42. The minimum atomic E-state index is -4.74. The van der Waals surface area contributed by atoms with Gasteiger partial charge in [-0.3, -0.25) is 0 Å². The molecule has 0 unspecified atom stereocenters. The van der Waals surface area contributed by atoms with Crippen LogP contribution in [0.3, 0.4) is 0 Å². The molecule has 0 saturated carbocycles. The van der Waals surface area contributed by atoms with Crippen molar-refractivity contribution in [2.24, 2.45) is 10.7 Å². The zero-order valence-electron chi connectivity index (χ0n) is 15.5. The van der Waals surface area contributed by atoms with E-state index in [-0.39, 0.29) is 18.3 Å².